The van der Waals surface area contributed by atoms with E-state index >= 15 is 0 Å². The van der Waals surface area contributed by atoms with Gasteiger partial charge in [0.25, 0.3) is 0 Å². The van der Waals surface area contributed by atoms with Gasteiger partial charge in [0.2, 0.25) is 0 Å². The predicted octanol–water partition coefficient (Wildman–Crippen LogP) is 2.77. The molecule has 2 N–H and O–H groups in total. The Balaban J connectivity index is 2.12. The van der Waals surface area contributed by atoms with Crippen LogP contribution < -0.4 is 10.6 Å². The van der Waals surface area contributed by atoms with Gasteiger partial charge in [-0.25, -0.2) is 0 Å². The molecule has 4 heteroatoms. The van der Waals surface area contributed by atoms with Crippen molar-refractivity contribution in [2.24, 2.45) is 11.7 Å². The van der Waals surface area contributed by atoms with Crippen LogP contribution in [-0.4, -0.2) is 26.8 Å². The van der Waals surface area contributed by atoms with Crippen LogP contribution in [0.3, 0.4) is 0 Å². The van der Waals surface area contributed by atoms with Crippen molar-refractivity contribution in [1.82, 2.24) is 0 Å². The van der Waals surface area contributed by atoms with Crippen molar-refractivity contribution >= 4 is 21.6 Å². The fourth-order valence-corrected chi connectivity index (χ4v) is 3.13. The third-order valence-electron chi connectivity index (χ3n) is 3.46. The number of ether oxygens (including phenoxy) is 1. The van der Waals surface area contributed by atoms with Crippen molar-refractivity contribution < 1.29 is 4.74 Å². The summed E-state index contributed by atoms with van der Waals surface area (Å²) < 4.78 is 6.38. The van der Waals surface area contributed by atoms with Gasteiger partial charge in [-0.1, -0.05) is 15.9 Å². The van der Waals surface area contributed by atoms with Gasteiger partial charge >= 0.3 is 0 Å². The van der Waals surface area contributed by atoms with E-state index < -0.39 is 0 Å². The molecule has 1 fully saturated rings. The van der Waals surface area contributed by atoms with Gasteiger partial charge in [0.1, 0.15) is 0 Å². The zero-order chi connectivity index (χ0) is 13.0. The van der Waals surface area contributed by atoms with Crippen molar-refractivity contribution in [2.45, 2.75) is 19.4 Å². The highest BCUT2D eigenvalue weighted by atomic mass is 79.9. The molecule has 0 aliphatic carbocycles. The number of rotatable bonds is 4. The quantitative estimate of drug-likeness (QED) is 0.929. The minimum atomic E-state index is 0.585. The number of nitrogens with two attached hydrogens (primary N) is 1. The second kappa shape index (κ2) is 6.55. The van der Waals surface area contributed by atoms with Gasteiger partial charge in [-0.15, -0.1) is 0 Å². The van der Waals surface area contributed by atoms with Crippen molar-refractivity contribution in [3.63, 3.8) is 0 Å². The van der Waals surface area contributed by atoms with Crippen LogP contribution >= 0.6 is 15.9 Å². The van der Waals surface area contributed by atoms with Crippen LogP contribution in [0.5, 0.6) is 0 Å². The molecule has 3 nitrogen and oxygen atoms in total. The highest BCUT2D eigenvalue weighted by molar-refractivity contribution is 9.10. The highest BCUT2D eigenvalue weighted by Crippen LogP contribution is 2.27. The summed E-state index contributed by atoms with van der Waals surface area (Å²) in [7, 11) is 1.78. The molecule has 1 aromatic rings. The fraction of sp³-hybridized carbons (Fsp3) is 0.571. The number of methoxy groups -OCH3 is 1. The van der Waals surface area contributed by atoms with Gasteiger partial charge in [0.05, 0.1) is 6.61 Å². The van der Waals surface area contributed by atoms with Crippen LogP contribution in [0.4, 0.5) is 5.69 Å². The maximum absolute atomic E-state index is 5.73. The van der Waals surface area contributed by atoms with E-state index in [9.17, 15) is 0 Å². The first kappa shape index (κ1) is 13.8. The van der Waals surface area contributed by atoms with Crippen molar-refractivity contribution in [2.75, 3.05) is 31.7 Å². The van der Waals surface area contributed by atoms with Gasteiger partial charge in [-0.2, -0.15) is 0 Å². The number of halogens is 1. The molecule has 1 unspecified atom stereocenters. The van der Waals surface area contributed by atoms with Crippen LogP contribution in [-0.2, 0) is 11.3 Å². The van der Waals surface area contributed by atoms with Crippen molar-refractivity contribution in [3.8, 4) is 0 Å². The lowest BCUT2D eigenvalue weighted by Gasteiger charge is -2.34. The average molecular weight is 313 g/mol. The van der Waals surface area contributed by atoms with Crippen LogP contribution in [0.25, 0.3) is 0 Å². The number of anilines is 1. The molecule has 1 aliphatic heterocycles. The summed E-state index contributed by atoms with van der Waals surface area (Å²) in [6.07, 6.45) is 2.50. The zero-order valence-electron chi connectivity index (χ0n) is 10.9. The van der Waals surface area contributed by atoms with Crippen LogP contribution in [0, 0.1) is 5.92 Å². The number of benzene rings is 1. The number of hydrogen-bond donors (Lipinski definition) is 1. The van der Waals surface area contributed by atoms with Gasteiger partial charge < -0.3 is 15.4 Å². The minimum absolute atomic E-state index is 0.585. The van der Waals surface area contributed by atoms with Crippen LogP contribution in [0.1, 0.15) is 18.4 Å². The van der Waals surface area contributed by atoms with E-state index in [1.165, 1.54) is 24.1 Å². The van der Waals surface area contributed by atoms with Crippen LogP contribution in [0.15, 0.2) is 22.7 Å². The van der Waals surface area contributed by atoms with Gasteiger partial charge in [0, 0.05) is 36.9 Å². The molecular formula is C14H21BrN2O. The van der Waals surface area contributed by atoms with E-state index in [1.807, 2.05) is 0 Å². The molecule has 0 radical (unpaired) electrons. The van der Waals surface area contributed by atoms with Gasteiger partial charge in [0.15, 0.2) is 0 Å². The average Bonchev–Trinajstić information content (AvgIpc) is 2.39. The lowest BCUT2D eigenvalue weighted by Crippen LogP contribution is -2.37. The molecule has 1 atom stereocenters. The van der Waals surface area contributed by atoms with Crippen molar-refractivity contribution in [3.05, 3.63) is 28.2 Å². The molecule has 100 valence electrons. The monoisotopic (exact) mass is 312 g/mol. The molecule has 0 saturated carbocycles. The molecule has 1 heterocycles. The Morgan fingerprint density at radius 1 is 1.44 bits per heavy atom. The minimum Gasteiger partial charge on any atom is -0.384 e. The van der Waals surface area contributed by atoms with Gasteiger partial charge in [-0.3, -0.25) is 0 Å². The first-order chi connectivity index (χ1) is 8.72. The van der Waals surface area contributed by atoms with Crippen LogP contribution in [0.2, 0.25) is 0 Å². The summed E-state index contributed by atoms with van der Waals surface area (Å²) in [6, 6.07) is 6.45. The smallest absolute Gasteiger partial charge is 0.0507 e. The maximum Gasteiger partial charge on any atom is 0.0507 e. The third kappa shape index (κ3) is 3.46. The standard InChI is InChI=1S/C14H21BrN2O/c1-18-10-11-3-2-4-17(9-11)14-6-12(8-16)5-13(15)7-14/h5-7,11H,2-4,8-10,16H2,1H3. The summed E-state index contributed by atoms with van der Waals surface area (Å²) in [5.41, 5.74) is 8.18. The molecule has 2 rings (SSSR count). The highest BCUT2D eigenvalue weighted by Gasteiger charge is 2.20. The molecule has 0 spiro atoms. The topological polar surface area (TPSA) is 38.5 Å². The normalized spacial score (nSPS) is 20.2. The molecule has 0 amide bonds. The summed E-state index contributed by atoms with van der Waals surface area (Å²) in [5.74, 6) is 0.643. The Morgan fingerprint density at radius 2 is 2.28 bits per heavy atom. The van der Waals surface area contributed by atoms with E-state index in [0.29, 0.717) is 12.5 Å². The van der Waals surface area contributed by atoms with E-state index in [1.54, 1.807) is 7.11 Å². The number of nitrogens with zero attached hydrogens (tertiary/aromatic N) is 1. The fourth-order valence-electron chi connectivity index (χ4n) is 2.61. The SMILES string of the molecule is COCC1CCCN(c2cc(Br)cc(CN)c2)C1. The zero-order valence-corrected chi connectivity index (χ0v) is 12.4. The summed E-state index contributed by atoms with van der Waals surface area (Å²) in [5, 5.41) is 0. The molecule has 0 bridgehead atoms. The Morgan fingerprint density at radius 3 is 3.00 bits per heavy atom. The molecule has 1 aliphatic rings. The van der Waals surface area contributed by atoms with Crippen molar-refractivity contribution in [1.29, 1.82) is 0 Å². The summed E-state index contributed by atoms with van der Waals surface area (Å²) >= 11 is 3.56. The second-order valence-corrected chi connectivity index (χ2v) is 5.85. The first-order valence-electron chi connectivity index (χ1n) is 6.46. The van der Waals surface area contributed by atoms with Gasteiger partial charge in [-0.05, 0) is 42.5 Å². The lowest BCUT2D eigenvalue weighted by atomic mass is 9.98. The van der Waals surface area contributed by atoms with E-state index in [-0.39, 0.29) is 0 Å². The number of piperidine rings is 1. The molecule has 1 aromatic carbocycles. The molecule has 0 aromatic heterocycles. The molecule has 18 heavy (non-hydrogen) atoms. The Hall–Kier alpha value is -0.580. The molecular weight excluding hydrogens is 292 g/mol. The largest absolute Gasteiger partial charge is 0.384 e. The first-order valence-corrected chi connectivity index (χ1v) is 7.25. The van der Waals surface area contributed by atoms with E-state index in [0.717, 1.165) is 24.2 Å². The Kier molecular flexibility index (Phi) is 5.03. The Bertz CT molecular complexity index is 395. The lowest BCUT2D eigenvalue weighted by molar-refractivity contribution is 0.143. The summed E-state index contributed by atoms with van der Waals surface area (Å²) in [6.45, 7) is 3.64. The maximum atomic E-state index is 5.73. The molecule has 1 saturated heterocycles. The van der Waals surface area contributed by atoms with E-state index in [2.05, 4.69) is 39.0 Å². The van der Waals surface area contributed by atoms with E-state index in [4.69, 9.17) is 10.5 Å². The number of hydrogen-bond acceptors (Lipinski definition) is 3. The Labute approximate surface area is 117 Å². The second-order valence-electron chi connectivity index (χ2n) is 4.93. The summed E-state index contributed by atoms with van der Waals surface area (Å²) in [4.78, 5) is 2.44. The predicted molar refractivity (Wildman–Crippen MR) is 78.8 cm³/mol. The third-order valence-corrected chi connectivity index (χ3v) is 3.92.